The molecule has 4 heteroatoms. The van der Waals surface area contributed by atoms with Crippen molar-refractivity contribution in [2.75, 3.05) is 12.8 Å². The Morgan fingerprint density at radius 2 is 1.79 bits per heavy atom. The molecule has 0 spiro atoms. The van der Waals surface area contributed by atoms with Gasteiger partial charge in [0.2, 0.25) is 10.0 Å². The average Bonchev–Trinajstić information content (AvgIpc) is 2.01. The van der Waals surface area contributed by atoms with Gasteiger partial charge >= 0.3 is 0 Å². The predicted octanol–water partition coefficient (Wildman–Crippen LogP) is 1.85. The van der Waals surface area contributed by atoms with Gasteiger partial charge in [-0.05, 0) is 18.3 Å². The molecule has 1 fully saturated rings. The minimum absolute atomic E-state index is 0.0451. The van der Waals surface area contributed by atoms with Crippen molar-refractivity contribution >= 4 is 10.0 Å². The first-order valence-electron chi connectivity index (χ1n) is 5.20. The van der Waals surface area contributed by atoms with E-state index in [-0.39, 0.29) is 11.5 Å². The van der Waals surface area contributed by atoms with Gasteiger partial charge in [0.1, 0.15) is 0 Å². The Labute approximate surface area is 87.5 Å². The van der Waals surface area contributed by atoms with Crippen molar-refractivity contribution in [3.8, 4) is 0 Å². The van der Waals surface area contributed by atoms with Gasteiger partial charge < -0.3 is 0 Å². The van der Waals surface area contributed by atoms with E-state index in [4.69, 9.17) is 0 Å². The molecule has 0 bridgehead atoms. The van der Waals surface area contributed by atoms with Gasteiger partial charge in [-0.3, -0.25) is 0 Å². The molecule has 0 radical (unpaired) electrons. The standard InChI is InChI=1S/C10H21NO2S/c1-10(2,3)9-7-5-6-8-11(9)14(4,12)13/h9H,5-8H2,1-4H3. The van der Waals surface area contributed by atoms with Gasteiger partial charge in [-0.25, -0.2) is 8.42 Å². The van der Waals surface area contributed by atoms with Crippen molar-refractivity contribution in [2.24, 2.45) is 5.41 Å². The molecule has 1 unspecified atom stereocenters. The first-order chi connectivity index (χ1) is 6.23. The second kappa shape index (κ2) is 3.81. The van der Waals surface area contributed by atoms with Crippen molar-refractivity contribution in [3.05, 3.63) is 0 Å². The number of hydrogen-bond acceptors (Lipinski definition) is 2. The van der Waals surface area contributed by atoms with Crippen molar-refractivity contribution in [2.45, 2.75) is 46.1 Å². The zero-order valence-corrected chi connectivity index (χ0v) is 10.4. The van der Waals surface area contributed by atoms with Crippen LogP contribution in [0.25, 0.3) is 0 Å². The maximum atomic E-state index is 11.6. The van der Waals surface area contributed by atoms with E-state index in [0.717, 1.165) is 19.3 Å². The lowest BCUT2D eigenvalue weighted by Crippen LogP contribution is -2.49. The minimum Gasteiger partial charge on any atom is -0.212 e. The van der Waals surface area contributed by atoms with Gasteiger partial charge in [-0.2, -0.15) is 4.31 Å². The summed E-state index contributed by atoms with van der Waals surface area (Å²) in [4.78, 5) is 0. The maximum Gasteiger partial charge on any atom is 0.211 e. The van der Waals surface area contributed by atoms with E-state index >= 15 is 0 Å². The highest BCUT2D eigenvalue weighted by Crippen LogP contribution is 2.33. The molecular formula is C10H21NO2S. The van der Waals surface area contributed by atoms with Crippen molar-refractivity contribution < 1.29 is 8.42 Å². The lowest BCUT2D eigenvalue weighted by molar-refractivity contribution is 0.137. The average molecular weight is 219 g/mol. The van der Waals surface area contributed by atoms with Gasteiger partial charge in [0.25, 0.3) is 0 Å². The molecule has 14 heavy (non-hydrogen) atoms. The normalized spacial score (nSPS) is 26.4. The molecule has 0 saturated carbocycles. The van der Waals surface area contributed by atoms with E-state index in [0.29, 0.717) is 6.54 Å². The Bertz CT molecular complexity index is 290. The first kappa shape index (κ1) is 12.0. The lowest BCUT2D eigenvalue weighted by Gasteiger charge is -2.41. The van der Waals surface area contributed by atoms with Gasteiger partial charge in [-0.15, -0.1) is 0 Å². The third-order valence-electron chi connectivity index (χ3n) is 2.88. The number of rotatable bonds is 1. The second-order valence-corrected chi connectivity index (χ2v) is 7.19. The van der Waals surface area contributed by atoms with E-state index in [1.54, 1.807) is 4.31 Å². The van der Waals surface area contributed by atoms with Crippen LogP contribution in [0.3, 0.4) is 0 Å². The van der Waals surface area contributed by atoms with E-state index in [1.165, 1.54) is 6.26 Å². The second-order valence-electron chi connectivity index (χ2n) is 5.25. The third kappa shape index (κ3) is 2.70. The van der Waals surface area contributed by atoms with Crippen LogP contribution in [-0.2, 0) is 10.0 Å². The Morgan fingerprint density at radius 3 is 2.14 bits per heavy atom. The Kier molecular flexibility index (Phi) is 3.26. The monoisotopic (exact) mass is 219 g/mol. The summed E-state index contributed by atoms with van der Waals surface area (Å²) in [5.74, 6) is 0. The fourth-order valence-corrected chi connectivity index (χ4v) is 3.51. The number of piperidine rings is 1. The van der Waals surface area contributed by atoms with Crippen LogP contribution in [0.15, 0.2) is 0 Å². The molecule has 1 saturated heterocycles. The van der Waals surface area contributed by atoms with E-state index in [9.17, 15) is 8.42 Å². The number of nitrogens with zero attached hydrogens (tertiary/aromatic N) is 1. The predicted molar refractivity (Wildman–Crippen MR) is 58.6 cm³/mol. The third-order valence-corrected chi connectivity index (χ3v) is 4.17. The van der Waals surface area contributed by atoms with Crippen LogP contribution >= 0.6 is 0 Å². The summed E-state index contributed by atoms with van der Waals surface area (Å²) < 4.78 is 24.8. The molecule has 0 aromatic rings. The molecule has 0 N–H and O–H groups in total. The highest BCUT2D eigenvalue weighted by molar-refractivity contribution is 7.88. The smallest absolute Gasteiger partial charge is 0.211 e. The molecule has 0 aromatic carbocycles. The molecule has 1 heterocycles. The van der Waals surface area contributed by atoms with Crippen LogP contribution in [0.1, 0.15) is 40.0 Å². The molecule has 1 aliphatic rings. The summed E-state index contributed by atoms with van der Waals surface area (Å²) in [6.07, 6.45) is 4.46. The Morgan fingerprint density at radius 1 is 1.21 bits per heavy atom. The summed E-state index contributed by atoms with van der Waals surface area (Å²) in [6.45, 7) is 7.03. The van der Waals surface area contributed by atoms with Crippen molar-refractivity contribution in [3.63, 3.8) is 0 Å². The van der Waals surface area contributed by atoms with Gasteiger partial charge in [0, 0.05) is 12.6 Å². The summed E-state index contributed by atoms with van der Waals surface area (Å²) >= 11 is 0. The van der Waals surface area contributed by atoms with E-state index in [1.807, 2.05) is 0 Å². The molecule has 0 aromatic heterocycles. The highest BCUT2D eigenvalue weighted by Gasteiger charge is 2.36. The van der Waals surface area contributed by atoms with Crippen LogP contribution in [0.5, 0.6) is 0 Å². The summed E-state index contributed by atoms with van der Waals surface area (Å²) in [5.41, 5.74) is 0.0451. The molecule has 84 valence electrons. The van der Waals surface area contributed by atoms with Crippen LogP contribution in [0.4, 0.5) is 0 Å². The molecule has 0 aliphatic carbocycles. The van der Waals surface area contributed by atoms with Gasteiger partial charge in [-0.1, -0.05) is 27.2 Å². The quantitative estimate of drug-likeness (QED) is 0.675. The number of sulfonamides is 1. The minimum atomic E-state index is -3.02. The fourth-order valence-electron chi connectivity index (χ4n) is 2.17. The van der Waals surface area contributed by atoms with Gasteiger partial charge in [0.15, 0.2) is 0 Å². The Hall–Kier alpha value is -0.0900. The first-order valence-corrected chi connectivity index (χ1v) is 7.04. The van der Waals surface area contributed by atoms with Crippen LogP contribution in [-0.4, -0.2) is 31.6 Å². The number of hydrogen-bond donors (Lipinski definition) is 0. The summed E-state index contributed by atoms with van der Waals surface area (Å²) in [5, 5.41) is 0. The largest absolute Gasteiger partial charge is 0.212 e. The molecule has 1 rings (SSSR count). The zero-order valence-electron chi connectivity index (χ0n) is 9.58. The van der Waals surface area contributed by atoms with Crippen LogP contribution in [0, 0.1) is 5.41 Å². The summed E-state index contributed by atoms with van der Waals surface area (Å²) in [7, 11) is -3.02. The lowest BCUT2D eigenvalue weighted by atomic mass is 9.82. The molecule has 1 atom stereocenters. The zero-order chi connectivity index (χ0) is 11.0. The molecular weight excluding hydrogens is 198 g/mol. The van der Waals surface area contributed by atoms with Crippen molar-refractivity contribution in [1.29, 1.82) is 0 Å². The van der Waals surface area contributed by atoms with Crippen molar-refractivity contribution in [1.82, 2.24) is 4.31 Å². The van der Waals surface area contributed by atoms with E-state index in [2.05, 4.69) is 20.8 Å². The summed E-state index contributed by atoms with van der Waals surface area (Å²) in [6, 6.07) is 0.172. The molecule has 0 amide bonds. The highest BCUT2D eigenvalue weighted by atomic mass is 32.2. The molecule has 1 aliphatic heterocycles. The van der Waals surface area contributed by atoms with E-state index < -0.39 is 10.0 Å². The van der Waals surface area contributed by atoms with Crippen LogP contribution < -0.4 is 0 Å². The Balaban J connectivity index is 2.91. The molecule has 3 nitrogen and oxygen atoms in total. The maximum absolute atomic E-state index is 11.6. The fraction of sp³-hybridized carbons (Fsp3) is 1.00. The SMILES string of the molecule is CC(C)(C)C1CCCCN1S(C)(=O)=O. The van der Waals surface area contributed by atoms with Gasteiger partial charge in [0.05, 0.1) is 6.26 Å². The topological polar surface area (TPSA) is 37.4 Å². The van der Waals surface area contributed by atoms with Crippen LogP contribution in [0.2, 0.25) is 0 Å².